The van der Waals surface area contributed by atoms with Crippen molar-refractivity contribution in [2.45, 2.75) is 6.54 Å². The topological polar surface area (TPSA) is 133 Å². The van der Waals surface area contributed by atoms with Crippen LogP contribution in [0.15, 0.2) is 65.3 Å². The van der Waals surface area contributed by atoms with Gasteiger partial charge in [0, 0.05) is 12.1 Å². The second-order valence-electron chi connectivity index (χ2n) is 6.24. The molecule has 10 nitrogen and oxygen atoms in total. The van der Waals surface area contributed by atoms with E-state index in [0.717, 1.165) is 0 Å². The first-order valence-electron chi connectivity index (χ1n) is 9.12. The lowest BCUT2D eigenvalue weighted by molar-refractivity contribution is -0.385. The molecule has 0 aliphatic rings. The Morgan fingerprint density at radius 3 is 2.65 bits per heavy atom. The number of hydrogen-bond donors (Lipinski definition) is 2. The third-order valence-electron chi connectivity index (χ3n) is 4.17. The Labute approximate surface area is 176 Å². The molecule has 160 valence electrons. The van der Waals surface area contributed by atoms with E-state index in [-0.39, 0.29) is 41.8 Å². The number of methoxy groups -OCH3 is 1. The number of rotatable bonds is 9. The summed E-state index contributed by atoms with van der Waals surface area (Å²) >= 11 is 0. The number of anilines is 1. The first-order valence-corrected chi connectivity index (χ1v) is 9.12. The van der Waals surface area contributed by atoms with Crippen LogP contribution in [-0.4, -0.2) is 30.5 Å². The number of nitrogens with one attached hydrogen (secondary N) is 2. The molecule has 1 heterocycles. The van der Waals surface area contributed by atoms with Crippen LogP contribution in [0.5, 0.6) is 11.5 Å². The summed E-state index contributed by atoms with van der Waals surface area (Å²) in [5.41, 5.74) is 0.377. The zero-order valence-corrected chi connectivity index (χ0v) is 16.5. The van der Waals surface area contributed by atoms with E-state index in [1.54, 1.807) is 36.4 Å². The minimum atomic E-state index is -0.580. The quantitative estimate of drug-likeness (QED) is 0.397. The summed E-state index contributed by atoms with van der Waals surface area (Å²) in [5, 5.41) is 16.3. The molecule has 31 heavy (non-hydrogen) atoms. The minimum absolute atomic E-state index is 0.0153. The van der Waals surface area contributed by atoms with Crippen LogP contribution in [0.2, 0.25) is 0 Å². The Balaban J connectivity index is 1.61. The lowest BCUT2D eigenvalue weighted by Crippen LogP contribution is -2.26. The number of nitro groups is 1. The van der Waals surface area contributed by atoms with E-state index in [4.69, 9.17) is 13.9 Å². The van der Waals surface area contributed by atoms with Gasteiger partial charge < -0.3 is 24.5 Å². The summed E-state index contributed by atoms with van der Waals surface area (Å²) < 4.78 is 15.5. The van der Waals surface area contributed by atoms with Gasteiger partial charge in [0.1, 0.15) is 11.5 Å². The van der Waals surface area contributed by atoms with E-state index in [2.05, 4.69) is 10.6 Å². The van der Waals surface area contributed by atoms with Crippen molar-refractivity contribution in [3.63, 3.8) is 0 Å². The van der Waals surface area contributed by atoms with Gasteiger partial charge in [-0.2, -0.15) is 0 Å². The number of amides is 2. The number of benzene rings is 2. The van der Waals surface area contributed by atoms with Crippen molar-refractivity contribution in [1.29, 1.82) is 0 Å². The monoisotopic (exact) mass is 425 g/mol. The molecule has 0 aliphatic heterocycles. The molecule has 0 saturated carbocycles. The summed E-state index contributed by atoms with van der Waals surface area (Å²) in [6.07, 6.45) is 1.51. The number of para-hydroxylation sites is 1. The Morgan fingerprint density at radius 1 is 1.13 bits per heavy atom. The van der Waals surface area contributed by atoms with Crippen molar-refractivity contribution < 1.29 is 28.4 Å². The number of nitro benzene ring substituents is 1. The molecule has 0 unspecified atom stereocenters. The first kappa shape index (κ1) is 21.4. The van der Waals surface area contributed by atoms with E-state index in [0.29, 0.717) is 11.4 Å². The second-order valence-corrected chi connectivity index (χ2v) is 6.24. The fraction of sp³-hybridized carbons (Fsp3) is 0.143. The highest BCUT2D eigenvalue weighted by Gasteiger charge is 2.17. The molecule has 0 atom stereocenters. The molecular weight excluding hydrogens is 406 g/mol. The Morgan fingerprint density at radius 2 is 1.94 bits per heavy atom. The smallest absolute Gasteiger partial charge is 0.311 e. The highest BCUT2D eigenvalue weighted by Crippen LogP contribution is 2.30. The zero-order valence-electron chi connectivity index (χ0n) is 16.5. The van der Waals surface area contributed by atoms with Crippen molar-refractivity contribution in [3.8, 4) is 11.5 Å². The van der Waals surface area contributed by atoms with Crippen LogP contribution >= 0.6 is 0 Å². The molecule has 0 bridgehead atoms. The highest BCUT2D eigenvalue weighted by atomic mass is 16.6. The molecule has 0 aliphatic carbocycles. The van der Waals surface area contributed by atoms with Gasteiger partial charge in [0.05, 0.1) is 36.1 Å². The molecule has 0 spiro atoms. The highest BCUT2D eigenvalue weighted by molar-refractivity contribution is 6.04. The second kappa shape index (κ2) is 9.92. The van der Waals surface area contributed by atoms with Gasteiger partial charge >= 0.3 is 5.69 Å². The number of carbonyl (C=O) groups excluding carboxylic acids is 2. The average Bonchev–Trinajstić information content (AvgIpc) is 3.30. The van der Waals surface area contributed by atoms with E-state index < -0.39 is 10.8 Å². The van der Waals surface area contributed by atoms with Crippen LogP contribution in [0.25, 0.3) is 0 Å². The van der Waals surface area contributed by atoms with E-state index in [9.17, 15) is 19.7 Å². The van der Waals surface area contributed by atoms with Gasteiger partial charge in [0.2, 0.25) is 5.75 Å². The van der Waals surface area contributed by atoms with Gasteiger partial charge in [-0.05, 0) is 30.3 Å². The average molecular weight is 425 g/mol. The summed E-state index contributed by atoms with van der Waals surface area (Å²) in [7, 11) is 1.30. The summed E-state index contributed by atoms with van der Waals surface area (Å²) in [5.74, 6) is -0.0534. The van der Waals surface area contributed by atoms with E-state index in [1.165, 1.54) is 31.6 Å². The van der Waals surface area contributed by atoms with Gasteiger partial charge in [0.15, 0.2) is 6.61 Å². The molecule has 2 N–H and O–H groups in total. The molecule has 3 rings (SSSR count). The van der Waals surface area contributed by atoms with E-state index in [1.807, 2.05) is 0 Å². The SMILES string of the molecule is COc1cc(OCC(=O)Nc2ccccc2C(=O)NCc2ccco2)ccc1[N+](=O)[O-]. The Hall–Kier alpha value is -4.34. The number of carbonyl (C=O) groups is 2. The molecule has 1 aromatic heterocycles. The maximum absolute atomic E-state index is 12.5. The van der Waals surface area contributed by atoms with Gasteiger partial charge in [-0.25, -0.2) is 0 Å². The maximum Gasteiger partial charge on any atom is 0.311 e. The molecular formula is C21H19N3O7. The first-order chi connectivity index (χ1) is 15.0. The third-order valence-corrected chi connectivity index (χ3v) is 4.17. The minimum Gasteiger partial charge on any atom is -0.490 e. The van der Waals surface area contributed by atoms with Crippen LogP contribution in [0, 0.1) is 10.1 Å². The summed E-state index contributed by atoms with van der Waals surface area (Å²) in [6, 6.07) is 13.9. The molecule has 2 amide bonds. The van der Waals surface area contributed by atoms with Gasteiger partial charge in [0.25, 0.3) is 11.8 Å². The van der Waals surface area contributed by atoms with Crippen molar-refractivity contribution in [3.05, 3.63) is 82.3 Å². The zero-order chi connectivity index (χ0) is 22.2. The largest absolute Gasteiger partial charge is 0.490 e. The summed E-state index contributed by atoms with van der Waals surface area (Å²) in [6.45, 7) is -0.164. The van der Waals surface area contributed by atoms with Crippen molar-refractivity contribution in [2.24, 2.45) is 0 Å². The van der Waals surface area contributed by atoms with Crippen LogP contribution in [0.4, 0.5) is 11.4 Å². The van der Waals surface area contributed by atoms with E-state index >= 15 is 0 Å². The lowest BCUT2D eigenvalue weighted by atomic mass is 10.1. The fourth-order valence-electron chi connectivity index (χ4n) is 2.70. The van der Waals surface area contributed by atoms with Crippen molar-refractivity contribution in [2.75, 3.05) is 19.0 Å². The number of nitrogens with zero attached hydrogens (tertiary/aromatic N) is 1. The predicted molar refractivity (Wildman–Crippen MR) is 110 cm³/mol. The molecule has 0 fully saturated rings. The Kier molecular flexibility index (Phi) is 6.84. The normalized spacial score (nSPS) is 10.2. The van der Waals surface area contributed by atoms with Crippen LogP contribution in [0.1, 0.15) is 16.1 Å². The molecule has 3 aromatic rings. The fourth-order valence-corrected chi connectivity index (χ4v) is 2.70. The predicted octanol–water partition coefficient (Wildman–Crippen LogP) is 3.14. The van der Waals surface area contributed by atoms with Crippen molar-refractivity contribution in [1.82, 2.24) is 5.32 Å². The molecule has 0 saturated heterocycles. The van der Waals surface area contributed by atoms with Crippen molar-refractivity contribution >= 4 is 23.2 Å². The van der Waals surface area contributed by atoms with Gasteiger partial charge in [-0.3, -0.25) is 19.7 Å². The third kappa shape index (κ3) is 5.60. The standard InChI is InChI=1S/C21H19N3O7/c1-29-19-11-14(8-9-18(19)24(27)28)31-13-20(25)23-17-7-3-2-6-16(17)21(26)22-12-15-5-4-10-30-15/h2-11H,12-13H2,1H3,(H,22,26)(H,23,25). The number of furan rings is 1. The summed E-state index contributed by atoms with van der Waals surface area (Å²) in [4.78, 5) is 35.2. The van der Waals surface area contributed by atoms with Crippen LogP contribution < -0.4 is 20.1 Å². The number of ether oxygens (including phenoxy) is 2. The van der Waals surface area contributed by atoms with Gasteiger partial charge in [-0.15, -0.1) is 0 Å². The van der Waals surface area contributed by atoms with Gasteiger partial charge in [-0.1, -0.05) is 12.1 Å². The lowest BCUT2D eigenvalue weighted by Gasteiger charge is -2.12. The number of hydrogen-bond acceptors (Lipinski definition) is 7. The molecule has 0 radical (unpaired) electrons. The molecule has 2 aromatic carbocycles. The van der Waals surface area contributed by atoms with Crippen LogP contribution in [0.3, 0.4) is 0 Å². The van der Waals surface area contributed by atoms with Crippen LogP contribution in [-0.2, 0) is 11.3 Å². The Bertz CT molecular complexity index is 1080. The molecule has 10 heteroatoms. The maximum atomic E-state index is 12.5.